The molecule has 0 spiro atoms. The zero-order valence-electron chi connectivity index (χ0n) is 12.0. The van der Waals surface area contributed by atoms with E-state index in [9.17, 15) is 18.4 Å². The summed E-state index contributed by atoms with van der Waals surface area (Å²) in [6.07, 6.45) is -0.234. The summed E-state index contributed by atoms with van der Waals surface area (Å²) in [5.74, 6) is -0.941. The third-order valence-corrected chi connectivity index (χ3v) is 2.65. The number of halogens is 2. The van der Waals surface area contributed by atoms with Gasteiger partial charge in [-0.3, -0.25) is 4.79 Å². The summed E-state index contributed by atoms with van der Waals surface area (Å²) < 4.78 is 34.0. The molecular weight excluding hydrogens is 302 g/mol. The van der Waals surface area contributed by atoms with E-state index in [0.717, 1.165) is 4.90 Å². The van der Waals surface area contributed by atoms with E-state index in [4.69, 9.17) is 9.84 Å². The maximum Gasteiger partial charge on any atom is 0.387 e. The minimum atomic E-state index is -3.05. The fourth-order valence-corrected chi connectivity index (χ4v) is 1.51. The van der Waals surface area contributed by atoms with Crippen LogP contribution in [0.5, 0.6) is 11.5 Å². The van der Waals surface area contributed by atoms with Gasteiger partial charge in [0.1, 0.15) is 11.5 Å². The highest BCUT2D eigenvalue weighted by Crippen LogP contribution is 2.30. The fourth-order valence-electron chi connectivity index (χ4n) is 1.51. The van der Waals surface area contributed by atoms with Gasteiger partial charge in [-0.25, -0.2) is 4.79 Å². The summed E-state index contributed by atoms with van der Waals surface area (Å²) >= 11 is 0. The molecule has 0 unspecified atom stereocenters. The molecule has 1 rings (SSSR count). The molecule has 1 aromatic carbocycles. The van der Waals surface area contributed by atoms with Crippen molar-refractivity contribution in [1.29, 1.82) is 0 Å². The van der Waals surface area contributed by atoms with Crippen molar-refractivity contribution < 1.29 is 33.0 Å². The number of hydrogen-bond donors (Lipinski definition) is 2. The van der Waals surface area contributed by atoms with E-state index in [2.05, 4.69) is 10.1 Å². The highest BCUT2D eigenvalue weighted by atomic mass is 19.3. The number of ether oxygens (including phenoxy) is 2. The third-order valence-electron chi connectivity index (χ3n) is 2.65. The number of carboxylic acid groups (broad SMARTS) is 1. The number of carbonyl (C=O) groups is 2. The fraction of sp³-hybridized carbons (Fsp3) is 0.385. The molecule has 9 heteroatoms. The van der Waals surface area contributed by atoms with E-state index < -0.39 is 18.6 Å². The van der Waals surface area contributed by atoms with Crippen LogP contribution in [0.25, 0.3) is 0 Å². The van der Waals surface area contributed by atoms with Gasteiger partial charge in [-0.2, -0.15) is 8.78 Å². The van der Waals surface area contributed by atoms with Crippen LogP contribution in [0.2, 0.25) is 0 Å². The number of urea groups is 1. The van der Waals surface area contributed by atoms with Crippen LogP contribution in [0.3, 0.4) is 0 Å². The maximum atomic E-state index is 12.3. The van der Waals surface area contributed by atoms with Crippen molar-refractivity contribution in [2.24, 2.45) is 0 Å². The first-order valence-corrected chi connectivity index (χ1v) is 6.20. The lowest BCUT2D eigenvalue weighted by atomic mass is 10.2. The van der Waals surface area contributed by atoms with Gasteiger partial charge in [0.05, 0.1) is 19.2 Å². The number of carboxylic acids is 1. The molecule has 0 bridgehead atoms. The molecule has 122 valence electrons. The van der Waals surface area contributed by atoms with Crippen molar-refractivity contribution in [2.45, 2.75) is 13.0 Å². The van der Waals surface area contributed by atoms with E-state index in [0.29, 0.717) is 5.75 Å². The highest BCUT2D eigenvalue weighted by molar-refractivity contribution is 5.91. The van der Waals surface area contributed by atoms with E-state index in [-0.39, 0.29) is 24.4 Å². The SMILES string of the molecule is COc1ccc(OC(F)F)c(NC(=O)N(C)CCC(=O)O)c1. The number of anilines is 1. The molecule has 0 radical (unpaired) electrons. The lowest BCUT2D eigenvalue weighted by Crippen LogP contribution is -2.33. The summed E-state index contributed by atoms with van der Waals surface area (Å²) in [5.41, 5.74) is -0.00757. The molecule has 22 heavy (non-hydrogen) atoms. The molecule has 0 aliphatic heterocycles. The summed E-state index contributed by atoms with van der Waals surface area (Å²) in [6, 6.07) is 3.30. The Balaban J connectivity index is 2.84. The first-order chi connectivity index (χ1) is 10.3. The van der Waals surface area contributed by atoms with E-state index in [1.807, 2.05) is 0 Å². The largest absolute Gasteiger partial charge is 0.497 e. The number of carbonyl (C=O) groups excluding carboxylic acids is 1. The van der Waals surface area contributed by atoms with Crippen LogP contribution in [0, 0.1) is 0 Å². The Labute approximate surface area is 125 Å². The van der Waals surface area contributed by atoms with Gasteiger partial charge in [0.2, 0.25) is 0 Å². The van der Waals surface area contributed by atoms with Crippen molar-refractivity contribution >= 4 is 17.7 Å². The second-order valence-electron chi connectivity index (χ2n) is 4.24. The van der Waals surface area contributed by atoms with Crippen LogP contribution < -0.4 is 14.8 Å². The van der Waals surface area contributed by atoms with Gasteiger partial charge in [-0.1, -0.05) is 0 Å². The third kappa shape index (κ3) is 5.43. The van der Waals surface area contributed by atoms with Gasteiger partial charge in [0.25, 0.3) is 0 Å². The molecular formula is C13H16F2N2O5. The first kappa shape index (κ1) is 17.5. The molecule has 0 atom stereocenters. The zero-order chi connectivity index (χ0) is 16.7. The monoisotopic (exact) mass is 318 g/mol. The quantitative estimate of drug-likeness (QED) is 0.805. The Morgan fingerprint density at radius 2 is 2.09 bits per heavy atom. The second kappa shape index (κ2) is 8.01. The average molecular weight is 318 g/mol. The summed E-state index contributed by atoms with van der Waals surface area (Å²) in [5, 5.41) is 10.9. The predicted octanol–water partition coefficient (Wildman–Crippen LogP) is 2.23. The molecule has 0 aliphatic carbocycles. The highest BCUT2D eigenvalue weighted by Gasteiger charge is 2.16. The van der Waals surface area contributed by atoms with Gasteiger partial charge in [0.15, 0.2) is 0 Å². The van der Waals surface area contributed by atoms with E-state index in [1.165, 1.54) is 32.4 Å². The number of hydrogen-bond acceptors (Lipinski definition) is 4. The van der Waals surface area contributed by atoms with Crippen molar-refractivity contribution in [3.05, 3.63) is 18.2 Å². The Kier molecular flexibility index (Phi) is 6.36. The summed E-state index contributed by atoms with van der Waals surface area (Å²) in [7, 11) is 2.76. The van der Waals surface area contributed by atoms with Gasteiger partial charge >= 0.3 is 18.6 Å². The van der Waals surface area contributed by atoms with E-state index >= 15 is 0 Å². The second-order valence-corrected chi connectivity index (χ2v) is 4.24. The number of rotatable bonds is 7. The zero-order valence-corrected chi connectivity index (χ0v) is 12.0. The molecule has 2 N–H and O–H groups in total. The molecule has 0 aromatic heterocycles. The maximum absolute atomic E-state index is 12.3. The van der Waals surface area contributed by atoms with Crippen LogP contribution in [-0.2, 0) is 4.79 Å². The standard InChI is InChI=1S/C13H16F2N2O5/c1-17(6-5-11(18)19)13(20)16-9-7-8(21-2)3-4-10(9)22-12(14)15/h3-4,7,12H,5-6H2,1-2H3,(H,16,20)(H,18,19). The topological polar surface area (TPSA) is 88.1 Å². The Morgan fingerprint density at radius 1 is 1.41 bits per heavy atom. The van der Waals surface area contributed by atoms with Crippen LogP contribution in [0.1, 0.15) is 6.42 Å². The summed E-state index contributed by atoms with van der Waals surface area (Å²) in [4.78, 5) is 23.5. The van der Waals surface area contributed by atoms with Crippen molar-refractivity contribution in [1.82, 2.24) is 4.90 Å². The normalized spacial score (nSPS) is 10.2. The van der Waals surface area contributed by atoms with Gasteiger partial charge < -0.3 is 24.8 Å². The Bertz CT molecular complexity index is 539. The number of benzene rings is 1. The molecule has 0 saturated carbocycles. The number of aliphatic carboxylic acids is 1. The number of amides is 2. The number of nitrogens with one attached hydrogen (secondary N) is 1. The molecule has 0 heterocycles. The van der Waals surface area contributed by atoms with Crippen molar-refractivity contribution in [2.75, 3.05) is 26.0 Å². The number of alkyl halides is 2. The Morgan fingerprint density at radius 3 is 2.64 bits per heavy atom. The molecule has 1 aromatic rings. The van der Waals surface area contributed by atoms with Crippen LogP contribution in [0.15, 0.2) is 18.2 Å². The first-order valence-electron chi connectivity index (χ1n) is 6.20. The van der Waals surface area contributed by atoms with E-state index in [1.54, 1.807) is 0 Å². The molecule has 0 fully saturated rings. The minimum absolute atomic E-state index is 0.00757. The molecule has 2 amide bonds. The van der Waals surface area contributed by atoms with Gasteiger partial charge in [-0.15, -0.1) is 0 Å². The van der Waals surface area contributed by atoms with Crippen molar-refractivity contribution in [3.8, 4) is 11.5 Å². The van der Waals surface area contributed by atoms with Crippen LogP contribution >= 0.6 is 0 Å². The predicted molar refractivity (Wildman–Crippen MR) is 73.5 cm³/mol. The van der Waals surface area contributed by atoms with Gasteiger partial charge in [-0.05, 0) is 12.1 Å². The number of nitrogens with zero attached hydrogens (tertiary/aromatic N) is 1. The smallest absolute Gasteiger partial charge is 0.387 e. The lowest BCUT2D eigenvalue weighted by Gasteiger charge is -2.19. The summed E-state index contributed by atoms with van der Waals surface area (Å²) in [6.45, 7) is -3.08. The minimum Gasteiger partial charge on any atom is -0.497 e. The van der Waals surface area contributed by atoms with Crippen molar-refractivity contribution in [3.63, 3.8) is 0 Å². The van der Waals surface area contributed by atoms with Crippen LogP contribution in [-0.4, -0.2) is 49.3 Å². The lowest BCUT2D eigenvalue weighted by molar-refractivity contribution is -0.137. The number of methoxy groups -OCH3 is 1. The Hall–Kier alpha value is -2.58. The van der Waals surface area contributed by atoms with Gasteiger partial charge in [0, 0.05) is 19.7 Å². The molecule has 7 nitrogen and oxygen atoms in total. The molecule has 0 aliphatic rings. The van der Waals surface area contributed by atoms with Crippen LogP contribution in [0.4, 0.5) is 19.3 Å². The molecule has 0 saturated heterocycles. The average Bonchev–Trinajstić information content (AvgIpc) is 2.45.